The SMILES string of the molecule is CCCCCC/C=C\CCCCCCCCCC(=O)OCC(COC(=O)CCCCCCCCCCCCC)OC(=O)CCCCCCCCCCCCCCCCC. The monoisotopic (exact) mass is 833 g/mol. The van der Waals surface area contributed by atoms with Gasteiger partial charge in [-0.1, -0.05) is 238 Å². The lowest BCUT2D eigenvalue weighted by Gasteiger charge is -2.18. The molecule has 0 rings (SSSR count). The lowest BCUT2D eigenvalue weighted by Crippen LogP contribution is -2.30. The average Bonchev–Trinajstić information content (AvgIpc) is 3.23. The number of hydrogen-bond acceptors (Lipinski definition) is 6. The van der Waals surface area contributed by atoms with Gasteiger partial charge in [0.25, 0.3) is 0 Å². The first kappa shape index (κ1) is 57.1. The minimum atomic E-state index is -0.764. The van der Waals surface area contributed by atoms with Gasteiger partial charge in [-0.2, -0.15) is 0 Å². The average molecular weight is 833 g/mol. The predicted octanol–water partition coefficient (Wildman–Crippen LogP) is 17.0. The van der Waals surface area contributed by atoms with Crippen LogP contribution in [0.5, 0.6) is 0 Å². The van der Waals surface area contributed by atoms with Crippen LogP contribution >= 0.6 is 0 Å². The second-order valence-corrected chi connectivity index (χ2v) is 17.8. The molecule has 0 bridgehead atoms. The molecule has 0 heterocycles. The van der Waals surface area contributed by atoms with Crippen molar-refractivity contribution < 1.29 is 28.6 Å². The highest BCUT2D eigenvalue weighted by molar-refractivity contribution is 5.71. The van der Waals surface area contributed by atoms with Gasteiger partial charge in [0.15, 0.2) is 6.10 Å². The van der Waals surface area contributed by atoms with Crippen molar-refractivity contribution in [3.63, 3.8) is 0 Å². The van der Waals surface area contributed by atoms with Crippen LogP contribution in [-0.2, 0) is 28.6 Å². The predicted molar refractivity (Wildman–Crippen MR) is 252 cm³/mol. The Morgan fingerprint density at radius 1 is 0.322 bits per heavy atom. The van der Waals surface area contributed by atoms with E-state index in [1.807, 2.05) is 0 Å². The molecule has 0 radical (unpaired) electrons. The molecule has 0 amide bonds. The molecule has 6 heteroatoms. The van der Waals surface area contributed by atoms with Gasteiger partial charge < -0.3 is 14.2 Å². The van der Waals surface area contributed by atoms with Crippen LogP contribution in [0.15, 0.2) is 12.2 Å². The topological polar surface area (TPSA) is 78.9 Å². The minimum Gasteiger partial charge on any atom is -0.462 e. The molecule has 0 N–H and O–H groups in total. The zero-order valence-electron chi connectivity index (χ0n) is 39.8. The molecule has 1 unspecified atom stereocenters. The van der Waals surface area contributed by atoms with E-state index in [9.17, 15) is 14.4 Å². The number of ether oxygens (including phenoxy) is 3. The van der Waals surface area contributed by atoms with Crippen molar-refractivity contribution in [1.29, 1.82) is 0 Å². The van der Waals surface area contributed by atoms with Crippen LogP contribution < -0.4 is 0 Å². The highest BCUT2D eigenvalue weighted by Crippen LogP contribution is 2.16. The third-order valence-electron chi connectivity index (χ3n) is 11.8. The Kier molecular flexibility index (Phi) is 47.3. The molecule has 348 valence electrons. The number of unbranched alkanes of at least 4 members (excludes halogenated alkanes) is 35. The second kappa shape index (κ2) is 48.8. The second-order valence-electron chi connectivity index (χ2n) is 17.8. The molecule has 1 atom stereocenters. The van der Waals surface area contributed by atoms with Crippen LogP contribution in [0.1, 0.15) is 290 Å². The van der Waals surface area contributed by atoms with E-state index >= 15 is 0 Å². The van der Waals surface area contributed by atoms with E-state index in [0.29, 0.717) is 19.3 Å². The summed E-state index contributed by atoms with van der Waals surface area (Å²) in [5, 5.41) is 0. The summed E-state index contributed by atoms with van der Waals surface area (Å²) in [5.41, 5.74) is 0. The first-order valence-corrected chi connectivity index (χ1v) is 26.2. The molecule has 0 saturated carbocycles. The van der Waals surface area contributed by atoms with Gasteiger partial charge in [-0.25, -0.2) is 0 Å². The van der Waals surface area contributed by atoms with E-state index < -0.39 is 6.10 Å². The zero-order chi connectivity index (χ0) is 43.0. The van der Waals surface area contributed by atoms with Crippen molar-refractivity contribution in [2.75, 3.05) is 13.2 Å². The van der Waals surface area contributed by atoms with Crippen molar-refractivity contribution in [2.24, 2.45) is 0 Å². The Bertz CT molecular complexity index is 916. The van der Waals surface area contributed by atoms with Crippen molar-refractivity contribution in [1.82, 2.24) is 0 Å². The summed E-state index contributed by atoms with van der Waals surface area (Å²) >= 11 is 0. The standard InChI is InChI=1S/C53H100O6/c1-4-7-10-13-16-19-22-24-26-28-31-34-37-40-43-46-52(55)58-49-50(48-57-51(54)45-42-39-36-33-30-21-18-15-12-9-6-3)59-53(56)47-44-41-38-35-32-29-27-25-23-20-17-14-11-8-5-2/h19,22,50H,4-18,20-21,23-49H2,1-3H3/b22-19-. The van der Waals surface area contributed by atoms with Crippen LogP contribution in [0.4, 0.5) is 0 Å². The Morgan fingerprint density at radius 2 is 0.559 bits per heavy atom. The van der Waals surface area contributed by atoms with Crippen molar-refractivity contribution in [2.45, 2.75) is 297 Å². The van der Waals surface area contributed by atoms with Crippen LogP contribution in [0.25, 0.3) is 0 Å². The molecule has 0 aromatic rings. The van der Waals surface area contributed by atoms with E-state index in [4.69, 9.17) is 14.2 Å². The number of hydrogen-bond donors (Lipinski definition) is 0. The zero-order valence-corrected chi connectivity index (χ0v) is 39.8. The van der Waals surface area contributed by atoms with Crippen LogP contribution in [0.3, 0.4) is 0 Å². The maximum atomic E-state index is 12.8. The Labute approximate surface area is 367 Å². The fourth-order valence-electron chi connectivity index (χ4n) is 7.79. The number of esters is 3. The largest absolute Gasteiger partial charge is 0.462 e. The van der Waals surface area contributed by atoms with Gasteiger partial charge >= 0.3 is 17.9 Å². The molecule has 0 saturated heterocycles. The van der Waals surface area contributed by atoms with E-state index in [0.717, 1.165) is 57.8 Å². The van der Waals surface area contributed by atoms with Crippen molar-refractivity contribution in [3.05, 3.63) is 12.2 Å². The highest BCUT2D eigenvalue weighted by atomic mass is 16.6. The number of rotatable bonds is 48. The summed E-state index contributed by atoms with van der Waals surface area (Å²) in [6.45, 7) is 6.65. The van der Waals surface area contributed by atoms with E-state index in [2.05, 4.69) is 32.9 Å². The van der Waals surface area contributed by atoms with Gasteiger partial charge in [0.1, 0.15) is 13.2 Å². The number of carbonyl (C=O) groups is 3. The fourth-order valence-corrected chi connectivity index (χ4v) is 7.79. The van der Waals surface area contributed by atoms with Crippen molar-refractivity contribution in [3.8, 4) is 0 Å². The first-order valence-electron chi connectivity index (χ1n) is 26.2. The molecule has 0 spiro atoms. The molecular weight excluding hydrogens is 733 g/mol. The Morgan fingerprint density at radius 3 is 0.864 bits per heavy atom. The lowest BCUT2D eigenvalue weighted by molar-refractivity contribution is -0.167. The lowest BCUT2D eigenvalue weighted by atomic mass is 10.0. The van der Waals surface area contributed by atoms with E-state index in [1.54, 1.807) is 0 Å². The molecule has 0 aliphatic rings. The van der Waals surface area contributed by atoms with Crippen LogP contribution in [0.2, 0.25) is 0 Å². The van der Waals surface area contributed by atoms with E-state index in [1.165, 1.54) is 193 Å². The Balaban J connectivity index is 4.32. The number of carbonyl (C=O) groups excluding carboxylic acids is 3. The van der Waals surface area contributed by atoms with Crippen LogP contribution in [0, 0.1) is 0 Å². The maximum absolute atomic E-state index is 12.8. The molecule has 0 fully saturated rings. The number of allylic oxidation sites excluding steroid dienone is 2. The van der Waals surface area contributed by atoms with Gasteiger partial charge in [-0.3, -0.25) is 14.4 Å². The fraction of sp³-hybridized carbons (Fsp3) is 0.906. The normalized spacial score (nSPS) is 12.0. The molecule has 0 aromatic carbocycles. The summed E-state index contributed by atoms with van der Waals surface area (Å²) in [5.74, 6) is -0.854. The third-order valence-corrected chi connectivity index (χ3v) is 11.8. The summed E-state index contributed by atoms with van der Waals surface area (Å²) in [6.07, 6.45) is 53.3. The minimum absolute atomic E-state index is 0.0660. The molecule has 6 nitrogen and oxygen atoms in total. The summed E-state index contributed by atoms with van der Waals surface area (Å²) < 4.78 is 16.8. The van der Waals surface area contributed by atoms with Gasteiger partial charge in [-0.05, 0) is 44.9 Å². The first-order chi connectivity index (χ1) is 29.0. The maximum Gasteiger partial charge on any atom is 0.306 e. The smallest absolute Gasteiger partial charge is 0.306 e. The van der Waals surface area contributed by atoms with Gasteiger partial charge in [0.2, 0.25) is 0 Å². The Hall–Kier alpha value is -1.85. The van der Waals surface area contributed by atoms with Gasteiger partial charge in [-0.15, -0.1) is 0 Å². The summed E-state index contributed by atoms with van der Waals surface area (Å²) in [6, 6.07) is 0. The summed E-state index contributed by atoms with van der Waals surface area (Å²) in [4.78, 5) is 37.9. The third kappa shape index (κ3) is 47.1. The summed E-state index contributed by atoms with van der Waals surface area (Å²) in [7, 11) is 0. The highest BCUT2D eigenvalue weighted by Gasteiger charge is 2.19. The molecule has 59 heavy (non-hydrogen) atoms. The van der Waals surface area contributed by atoms with E-state index in [-0.39, 0.29) is 31.1 Å². The quantitative estimate of drug-likeness (QED) is 0.0263. The molecular formula is C53H100O6. The van der Waals surface area contributed by atoms with Gasteiger partial charge in [0.05, 0.1) is 0 Å². The molecule has 0 aromatic heterocycles. The van der Waals surface area contributed by atoms with Crippen molar-refractivity contribution >= 4 is 17.9 Å². The van der Waals surface area contributed by atoms with Crippen LogP contribution in [-0.4, -0.2) is 37.2 Å². The molecule has 0 aliphatic heterocycles. The molecule has 0 aliphatic carbocycles. The van der Waals surface area contributed by atoms with Gasteiger partial charge in [0, 0.05) is 19.3 Å².